The maximum Gasteiger partial charge on any atom is 0.0314 e. The molecule has 1 saturated carbocycles. The Hall–Kier alpha value is -1.76. The van der Waals surface area contributed by atoms with Crippen LogP contribution in [-0.2, 0) is 12.8 Å². The van der Waals surface area contributed by atoms with Crippen molar-refractivity contribution < 1.29 is 0 Å². The highest BCUT2D eigenvalue weighted by Gasteiger charge is 2.21. The van der Waals surface area contributed by atoms with E-state index in [1.165, 1.54) is 56.1 Å². The lowest BCUT2D eigenvalue weighted by Gasteiger charge is -2.28. The van der Waals surface area contributed by atoms with Gasteiger partial charge in [0.15, 0.2) is 0 Å². The normalized spacial score (nSPS) is 20.6. The first kappa shape index (κ1) is 18.0. The van der Waals surface area contributed by atoms with Crippen molar-refractivity contribution in [1.29, 1.82) is 0 Å². The predicted octanol–water partition coefficient (Wildman–Crippen LogP) is 6.50. The lowest BCUT2D eigenvalue weighted by molar-refractivity contribution is 0.318. The molecule has 2 N–H and O–H groups in total. The Bertz CT molecular complexity index is 663. The largest absolute Gasteiger partial charge is 0.399 e. The van der Waals surface area contributed by atoms with E-state index in [2.05, 4.69) is 44.2 Å². The number of aryl methyl sites for hydroxylation is 1. The minimum atomic E-state index is 0.781. The predicted molar refractivity (Wildman–Crippen MR) is 109 cm³/mol. The minimum Gasteiger partial charge on any atom is -0.399 e. The summed E-state index contributed by atoms with van der Waals surface area (Å²) in [5, 5.41) is 0. The van der Waals surface area contributed by atoms with Gasteiger partial charge in [0, 0.05) is 5.69 Å². The van der Waals surface area contributed by atoms with Crippen molar-refractivity contribution in [2.75, 3.05) is 5.73 Å². The second-order valence-corrected chi connectivity index (χ2v) is 7.82. The summed E-state index contributed by atoms with van der Waals surface area (Å²) in [4.78, 5) is 0. The highest BCUT2D eigenvalue weighted by Crippen LogP contribution is 2.37. The molecule has 1 aliphatic rings. The van der Waals surface area contributed by atoms with Crippen molar-refractivity contribution in [3.63, 3.8) is 0 Å². The van der Waals surface area contributed by atoms with Gasteiger partial charge >= 0.3 is 0 Å². The molecule has 0 unspecified atom stereocenters. The van der Waals surface area contributed by atoms with Crippen molar-refractivity contribution in [3.8, 4) is 0 Å². The van der Waals surface area contributed by atoms with Crippen LogP contribution < -0.4 is 5.73 Å². The van der Waals surface area contributed by atoms with E-state index in [1.807, 2.05) is 12.1 Å². The molecular formula is C24H33N. The van der Waals surface area contributed by atoms with Crippen molar-refractivity contribution >= 4 is 5.69 Å². The van der Waals surface area contributed by atoms with Crippen LogP contribution >= 0.6 is 0 Å². The van der Waals surface area contributed by atoms with Gasteiger partial charge < -0.3 is 5.73 Å². The van der Waals surface area contributed by atoms with E-state index in [1.54, 1.807) is 11.1 Å². The quantitative estimate of drug-likeness (QED) is 0.599. The number of nitrogen functional groups attached to an aromatic ring is 1. The zero-order valence-corrected chi connectivity index (χ0v) is 15.9. The van der Waals surface area contributed by atoms with Crippen LogP contribution in [-0.4, -0.2) is 0 Å². The van der Waals surface area contributed by atoms with Crippen LogP contribution in [0.4, 0.5) is 5.69 Å². The van der Waals surface area contributed by atoms with E-state index in [4.69, 9.17) is 5.73 Å². The van der Waals surface area contributed by atoms with E-state index in [-0.39, 0.29) is 0 Å². The molecule has 0 amide bonds. The maximum atomic E-state index is 5.82. The lowest BCUT2D eigenvalue weighted by Crippen LogP contribution is -2.13. The van der Waals surface area contributed by atoms with E-state index in [0.717, 1.165) is 23.9 Å². The Kier molecular flexibility index (Phi) is 6.18. The second-order valence-electron chi connectivity index (χ2n) is 7.82. The minimum absolute atomic E-state index is 0.781. The van der Waals surface area contributed by atoms with Crippen molar-refractivity contribution in [2.45, 2.75) is 71.1 Å². The Labute approximate surface area is 153 Å². The van der Waals surface area contributed by atoms with Gasteiger partial charge in [-0.25, -0.2) is 0 Å². The third-order valence-electron chi connectivity index (χ3n) is 6.02. The monoisotopic (exact) mass is 335 g/mol. The summed E-state index contributed by atoms with van der Waals surface area (Å²) in [6.45, 7) is 4.63. The SMILES string of the molecule is CCCc1cc(C2CCC(CC)CC2)ccc1Cc1ccc(N)cc1. The molecular weight excluding hydrogens is 302 g/mol. The van der Waals surface area contributed by atoms with Gasteiger partial charge in [-0.05, 0) is 84.7 Å². The number of benzene rings is 2. The molecule has 0 spiro atoms. The molecule has 134 valence electrons. The number of hydrogen-bond acceptors (Lipinski definition) is 1. The third kappa shape index (κ3) is 4.66. The standard InChI is InChI=1S/C24H33N/c1-3-5-21-17-23(20-10-6-18(4-2)7-11-20)13-12-22(21)16-19-8-14-24(25)15-9-19/h8-9,12-15,17-18,20H,3-7,10-11,16,25H2,1-2H3. The zero-order valence-electron chi connectivity index (χ0n) is 15.9. The molecule has 25 heavy (non-hydrogen) atoms. The zero-order chi connectivity index (χ0) is 17.6. The van der Waals surface area contributed by atoms with Gasteiger partial charge in [-0.3, -0.25) is 0 Å². The molecule has 0 bridgehead atoms. The van der Waals surface area contributed by atoms with Gasteiger partial charge in [0.1, 0.15) is 0 Å². The molecule has 0 heterocycles. The molecule has 2 aromatic carbocycles. The molecule has 1 fully saturated rings. The Morgan fingerprint density at radius 2 is 1.60 bits per heavy atom. The van der Waals surface area contributed by atoms with Crippen LogP contribution in [0.15, 0.2) is 42.5 Å². The van der Waals surface area contributed by atoms with Gasteiger partial charge in [0.25, 0.3) is 0 Å². The van der Waals surface area contributed by atoms with Gasteiger partial charge in [-0.1, -0.05) is 57.0 Å². The molecule has 0 aromatic heterocycles. The average molecular weight is 336 g/mol. The summed E-state index contributed by atoms with van der Waals surface area (Å²) < 4.78 is 0. The highest BCUT2D eigenvalue weighted by atomic mass is 14.5. The Balaban J connectivity index is 1.77. The first-order chi connectivity index (χ1) is 12.2. The Morgan fingerprint density at radius 3 is 2.24 bits per heavy atom. The third-order valence-corrected chi connectivity index (χ3v) is 6.02. The molecule has 1 aliphatic carbocycles. The van der Waals surface area contributed by atoms with E-state index >= 15 is 0 Å². The summed E-state index contributed by atoms with van der Waals surface area (Å²) in [6, 6.07) is 15.7. The van der Waals surface area contributed by atoms with Gasteiger partial charge in [0.05, 0.1) is 0 Å². The Morgan fingerprint density at radius 1 is 0.880 bits per heavy atom. The number of hydrogen-bond donors (Lipinski definition) is 1. The maximum absolute atomic E-state index is 5.82. The number of rotatable bonds is 6. The van der Waals surface area contributed by atoms with Crippen LogP contribution in [0.25, 0.3) is 0 Å². The second kappa shape index (κ2) is 8.56. The van der Waals surface area contributed by atoms with Crippen LogP contribution in [0.1, 0.15) is 80.5 Å². The molecule has 0 aliphatic heterocycles. The average Bonchev–Trinajstić information content (AvgIpc) is 2.65. The van der Waals surface area contributed by atoms with Crippen LogP contribution in [0.3, 0.4) is 0 Å². The van der Waals surface area contributed by atoms with Gasteiger partial charge in [0.2, 0.25) is 0 Å². The molecule has 0 radical (unpaired) electrons. The van der Waals surface area contributed by atoms with E-state index in [0.29, 0.717) is 0 Å². The first-order valence-electron chi connectivity index (χ1n) is 10.2. The highest BCUT2D eigenvalue weighted by molar-refractivity contribution is 5.42. The summed E-state index contributed by atoms with van der Waals surface area (Å²) in [5.41, 5.74) is 12.6. The first-order valence-corrected chi connectivity index (χ1v) is 10.2. The fourth-order valence-corrected chi connectivity index (χ4v) is 4.33. The van der Waals surface area contributed by atoms with E-state index < -0.39 is 0 Å². The summed E-state index contributed by atoms with van der Waals surface area (Å²) in [6.07, 6.45) is 10.3. The van der Waals surface area contributed by atoms with Crippen molar-refractivity contribution in [3.05, 3.63) is 64.7 Å². The topological polar surface area (TPSA) is 26.0 Å². The molecule has 1 heteroatoms. The van der Waals surface area contributed by atoms with Crippen molar-refractivity contribution in [2.24, 2.45) is 5.92 Å². The summed E-state index contributed by atoms with van der Waals surface area (Å²) in [7, 11) is 0. The summed E-state index contributed by atoms with van der Waals surface area (Å²) >= 11 is 0. The lowest BCUT2D eigenvalue weighted by atomic mass is 9.77. The molecule has 0 atom stereocenters. The summed E-state index contributed by atoms with van der Waals surface area (Å²) in [5.74, 6) is 1.75. The molecule has 0 saturated heterocycles. The molecule has 2 aromatic rings. The van der Waals surface area contributed by atoms with Crippen LogP contribution in [0.5, 0.6) is 0 Å². The molecule has 1 nitrogen and oxygen atoms in total. The smallest absolute Gasteiger partial charge is 0.0314 e. The van der Waals surface area contributed by atoms with Gasteiger partial charge in [-0.15, -0.1) is 0 Å². The van der Waals surface area contributed by atoms with Crippen LogP contribution in [0, 0.1) is 5.92 Å². The number of anilines is 1. The fraction of sp³-hybridized carbons (Fsp3) is 0.500. The fourth-order valence-electron chi connectivity index (χ4n) is 4.33. The number of nitrogens with two attached hydrogens (primary N) is 1. The molecule has 3 rings (SSSR count). The van der Waals surface area contributed by atoms with Gasteiger partial charge in [-0.2, -0.15) is 0 Å². The van der Waals surface area contributed by atoms with Crippen molar-refractivity contribution in [1.82, 2.24) is 0 Å². The van der Waals surface area contributed by atoms with Crippen LogP contribution in [0.2, 0.25) is 0 Å². The van der Waals surface area contributed by atoms with E-state index in [9.17, 15) is 0 Å².